The van der Waals surface area contributed by atoms with Crippen molar-refractivity contribution in [2.24, 2.45) is 0 Å². The zero-order valence-corrected chi connectivity index (χ0v) is 29.6. The zero-order valence-electron chi connectivity index (χ0n) is 28.7. The summed E-state index contributed by atoms with van der Waals surface area (Å²) >= 11 is 1.86. The Hall–Kier alpha value is -7.13. The molecule has 4 heterocycles. The van der Waals surface area contributed by atoms with Crippen LogP contribution >= 0.6 is 11.3 Å². The number of fused-ring (bicyclic) bond motifs is 14. The van der Waals surface area contributed by atoms with Crippen LogP contribution in [0.2, 0.25) is 0 Å². The van der Waals surface area contributed by atoms with Crippen LogP contribution in [0.15, 0.2) is 168 Å². The monoisotopic (exact) mass is 705 g/mol. The summed E-state index contributed by atoms with van der Waals surface area (Å²) in [5.74, 6) is 0. The van der Waals surface area contributed by atoms with Crippen molar-refractivity contribution < 1.29 is 4.42 Å². The highest BCUT2D eigenvalue weighted by Gasteiger charge is 2.21. The number of aromatic nitrogens is 2. The Kier molecular flexibility index (Phi) is 5.97. The van der Waals surface area contributed by atoms with Gasteiger partial charge in [-0.3, -0.25) is 0 Å². The smallest absolute Gasteiger partial charge is 0.145 e. The summed E-state index contributed by atoms with van der Waals surface area (Å²) < 4.78 is 13.7. The van der Waals surface area contributed by atoms with Crippen molar-refractivity contribution in [2.75, 3.05) is 0 Å². The number of thiophene rings is 1. The normalized spacial score (nSPS) is 12.1. The average molecular weight is 706 g/mol. The molecule has 0 bridgehead atoms. The molecule has 0 unspecified atom stereocenters. The van der Waals surface area contributed by atoms with Gasteiger partial charge in [0, 0.05) is 48.1 Å². The summed E-state index contributed by atoms with van der Waals surface area (Å²) in [5.41, 5.74) is 10.8. The van der Waals surface area contributed by atoms with Crippen LogP contribution in [0.1, 0.15) is 5.56 Å². The number of para-hydroxylation sites is 3. The zero-order chi connectivity index (χ0) is 35.5. The molecule has 0 amide bonds. The minimum absolute atomic E-state index is 0.610. The minimum Gasteiger partial charge on any atom is -0.455 e. The van der Waals surface area contributed by atoms with Crippen LogP contribution in [-0.4, -0.2) is 9.13 Å². The molecule has 12 rings (SSSR count). The van der Waals surface area contributed by atoms with Gasteiger partial charge in [0.2, 0.25) is 0 Å². The Labute approximate surface area is 312 Å². The third-order valence-corrected chi connectivity index (χ3v) is 12.4. The number of nitrogens with zero attached hydrogens (tertiary/aromatic N) is 3. The largest absolute Gasteiger partial charge is 0.455 e. The molecule has 0 aliphatic rings. The summed E-state index contributed by atoms with van der Waals surface area (Å²) in [5, 5.41) is 20.1. The van der Waals surface area contributed by atoms with Gasteiger partial charge in [-0.05, 0) is 71.8 Å². The van der Waals surface area contributed by atoms with Gasteiger partial charge in [0.25, 0.3) is 0 Å². The molecule has 0 saturated carbocycles. The second-order valence-corrected chi connectivity index (χ2v) is 15.0. The Morgan fingerprint density at radius 2 is 1.17 bits per heavy atom. The van der Waals surface area contributed by atoms with Crippen molar-refractivity contribution in [3.8, 4) is 28.6 Å². The number of nitriles is 1. The summed E-state index contributed by atoms with van der Waals surface area (Å²) in [4.78, 5) is 0. The van der Waals surface area contributed by atoms with Crippen LogP contribution in [0.25, 0.3) is 108 Å². The Bertz CT molecular complexity index is 3570. The first-order chi connectivity index (χ1) is 26.7. The predicted octanol–water partition coefficient (Wildman–Crippen LogP) is 13.7. The maximum Gasteiger partial charge on any atom is 0.145 e. The van der Waals surface area contributed by atoms with E-state index >= 15 is 0 Å². The fourth-order valence-electron chi connectivity index (χ4n) is 8.80. The van der Waals surface area contributed by atoms with Crippen molar-refractivity contribution >= 4 is 97.1 Å². The van der Waals surface area contributed by atoms with Crippen molar-refractivity contribution in [3.05, 3.63) is 169 Å². The molecular weight excluding hydrogens is 679 g/mol. The van der Waals surface area contributed by atoms with Crippen molar-refractivity contribution in [3.63, 3.8) is 0 Å². The molecule has 5 heteroatoms. The third-order valence-electron chi connectivity index (χ3n) is 11.2. The second-order valence-electron chi connectivity index (χ2n) is 14.0. The minimum atomic E-state index is 0.610. The fourth-order valence-corrected chi connectivity index (χ4v) is 10.0. The highest BCUT2D eigenvalue weighted by atomic mass is 32.1. The first-order valence-electron chi connectivity index (χ1n) is 18.1. The second kappa shape index (κ2) is 10.9. The summed E-state index contributed by atoms with van der Waals surface area (Å²) in [6, 6.07) is 60.4. The molecule has 12 aromatic rings. The van der Waals surface area contributed by atoms with Crippen LogP contribution < -0.4 is 0 Å². The number of furan rings is 1. The maximum atomic E-state index is 10.6. The van der Waals surface area contributed by atoms with E-state index in [2.05, 4.69) is 155 Å². The van der Waals surface area contributed by atoms with Crippen LogP contribution in [0.3, 0.4) is 0 Å². The summed E-state index contributed by atoms with van der Waals surface area (Å²) in [7, 11) is 0. The number of benzene rings is 8. The van der Waals surface area contributed by atoms with Gasteiger partial charge < -0.3 is 13.6 Å². The van der Waals surface area contributed by atoms with Gasteiger partial charge in [0.15, 0.2) is 0 Å². The van der Waals surface area contributed by atoms with Crippen molar-refractivity contribution in [1.29, 1.82) is 5.26 Å². The number of rotatable bonds is 3. The van der Waals surface area contributed by atoms with Crippen LogP contribution in [0.5, 0.6) is 0 Å². The first-order valence-corrected chi connectivity index (χ1v) is 18.9. The Morgan fingerprint density at radius 1 is 0.500 bits per heavy atom. The van der Waals surface area contributed by atoms with E-state index in [4.69, 9.17) is 4.42 Å². The summed E-state index contributed by atoms with van der Waals surface area (Å²) in [6.45, 7) is 0. The van der Waals surface area contributed by atoms with E-state index in [1.165, 1.54) is 42.0 Å². The highest BCUT2D eigenvalue weighted by Crippen LogP contribution is 2.44. The fraction of sp³-hybridized carbons (Fsp3) is 0. The predicted molar refractivity (Wildman–Crippen MR) is 225 cm³/mol. The lowest BCUT2D eigenvalue weighted by molar-refractivity contribution is 0.673. The molecule has 0 saturated heterocycles. The van der Waals surface area contributed by atoms with Crippen LogP contribution in [-0.2, 0) is 0 Å². The lowest BCUT2D eigenvalue weighted by Crippen LogP contribution is -1.98. The van der Waals surface area contributed by atoms with E-state index in [0.717, 1.165) is 66.2 Å². The van der Waals surface area contributed by atoms with E-state index in [9.17, 15) is 5.26 Å². The molecule has 0 aliphatic carbocycles. The number of hydrogen-bond acceptors (Lipinski definition) is 3. The molecule has 0 spiro atoms. The van der Waals surface area contributed by atoms with E-state index in [1.807, 2.05) is 35.6 Å². The van der Waals surface area contributed by atoms with Gasteiger partial charge in [-0.1, -0.05) is 103 Å². The Balaban J connectivity index is 1.01. The van der Waals surface area contributed by atoms with Gasteiger partial charge in [0.1, 0.15) is 17.2 Å². The van der Waals surface area contributed by atoms with E-state index < -0.39 is 0 Å². The van der Waals surface area contributed by atoms with E-state index in [-0.39, 0.29) is 0 Å². The van der Waals surface area contributed by atoms with Crippen LogP contribution in [0, 0.1) is 11.3 Å². The third kappa shape index (κ3) is 3.95. The van der Waals surface area contributed by atoms with Gasteiger partial charge >= 0.3 is 0 Å². The molecule has 4 aromatic heterocycles. The van der Waals surface area contributed by atoms with Crippen molar-refractivity contribution in [2.45, 2.75) is 0 Å². The molecule has 0 N–H and O–H groups in total. The standard InChI is InChI=1S/C49H27N3OS/c50-28-31-27-30(19-25-40(31)52-42-14-6-2-12-39(42)46-43(52)26-24-37-34-10-3-7-15-44(34)53-48(37)46)29-17-20-32(21-18-29)51-41-13-5-1-9-33(41)36-22-23-38-35-11-4-8-16-45(35)54-49(38)47(36)51/h1-27H. The molecule has 250 valence electrons. The highest BCUT2D eigenvalue weighted by molar-refractivity contribution is 7.26. The number of hydrogen-bond donors (Lipinski definition) is 0. The molecule has 8 aromatic carbocycles. The van der Waals surface area contributed by atoms with Crippen LogP contribution in [0.4, 0.5) is 0 Å². The molecule has 0 radical (unpaired) electrons. The SMILES string of the molecule is N#Cc1cc(-c2ccc(-n3c4ccccc4c4ccc5c6ccccc6sc5c43)cc2)ccc1-n1c2ccccc2c2c3oc4ccccc4c3ccc21. The van der Waals surface area contributed by atoms with Crippen molar-refractivity contribution in [1.82, 2.24) is 9.13 Å². The van der Waals surface area contributed by atoms with Gasteiger partial charge in [-0.15, -0.1) is 11.3 Å². The molecule has 0 aliphatic heterocycles. The quantitative estimate of drug-likeness (QED) is 0.184. The van der Waals surface area contributed by atoms with Gasteiger partial charge in [-0.2, -0.15) is 5.26 Å². The molecule has 4 nitrogen and oxygen atoms in total. The maximum absolute atomic E-state index is 10.6. The first kappa shape index (κ1) is 29.4. The Morgan fingerprint density at radius 3 is 2.00 bits per heavy atom. The topological polar surface area (TPSA) is 46.8 Å². The molecule has 0 atom stereocenters. The average Bonchev–Trinajstić information content (AvgIpc) is 3.98. The van der Waals surface area contributed by atoms with E-state index in [0.29, 0.717) is 5.56 Å². The lowest BCUT2D eigenvalue weighted by Gasteiger charge is -2.13. The lowest BCUT2D eigenvalue weighted by atomic mass is 10.0. The van der Waals surface area contributed by atoms with E-state index in [1.54, 1.807) is 0 Å². The van der Waals surface area contributed by atoms with Gasteiger partial charge in [0.05, 0.1) is 43.4 Å². The summed E-state index contributed by atoms with van der Waals surface area (Å²) in [6.07, 6.45) is 0. The molecule has 54 heavy (non-hydrogen) atoms. The molecular formula is C49H27N3OS. The van der Waals surface area contributed by atoms with Gasteiger partial charge in [-0.25, -0.2) is 0 Å². The molecule has 0 fully saturated rings.